The van der Waals surface area contributed by atoms with Crippen molar-refractivity contribution in [2.24, 2.45) is 11.7 Å². The number of carbonyl (C=O) groups excluding carboxylic acids is 2. The van der Waals surface area contributed by atoms with Gasteiger partial charge in [0.1, 0.15) is 6.04 Å². The number of urea groups is 1. The van der Waals surface area contributed by atoms with E-state index in [-0.39, 0.29) is 11.8 Å². The monoisotopic (exact) mass is 277 g/mol. The van der Waals surface area contributed by atoms with Crippen LogP contribution in [0.1, 0.15) is 31.4 Å². The van der Waals surface area contributed by atoms with Gasteiger partial charge in [0.2, 0.25) is 5.91 Å². The Bertz CT molecular complexity index is 457. The molecule has 0 unspecified atom stereocenters. The molecule has 0 aliphatic rings. The van der Waals surface area contributed by atoms with Gasteiger partial charge in [0, 0.05) is 6.54 Å². The summed E-state index contributed by atoms with van der Waals surface area (Å²) in [6.07, 6.45) is 0.781. The fraction of sp³-hybridized carbons (Fsp3) is 0.467. The summed E-state index contributed by atoms with van der Waals surface area (Å²) in [5.41, 5.74) is 7.31. The zero-order valence-electron chi connectivity index (χ0n) is 12.3. The molecule has 0 saturated heterocycles. The van der Waals surface area contributed by atoms with Crippen LogP contribution < -0.4 is 16.4 Å². The van der Waals surface area contributed by atoms with Gasteiger partial charge in [-0.3, -0.25) is 4.79 Å². The van der Waals surface area contributed by atoms with Crippen molar-refractivity contribution < 1.29 is 9.59 Å². The predicted octanol–water partition coefficient (Wildman–Crippen LogP) is 1.69. The van der Waals surface area contributed by atoms with Gasteiger partial charge in [-0.25, -0.2) is 4.79 Å². The summed E-state index contributed by atoms with van der Waals surface area (Å²) < 4.78 is 0. The van der Waals surface area contributed by atoms with Crippen LogP contribution in [0.4, 0.5) is 4.79 Å². The Morgan fingerprint density at radius 1 is 1.25 bits per heavy atom. The number of benzene rings is 1. The van der Waals surface area contributed by atoms with Crippen molar-refractivity contribution in [1.29, 1.82) is 0 Å². The fourth-order valence-corrected chi connectivity index (χ4v) is 1.86. The maximum atomic E-state index is 12.1. The van der Waals surface area contributed by atoms with Crippen LogP contribution >= 0.6 is 0 Å². The van der Waals surface area contributed by atoms with E-state index in [4.69, 9.17) is 5.73 Å². The van der Waals surface area contributed by atoms with E-state index in [0.717, 1.165) is 12.0 Å². The average Bonchev–Trinajstić information content (AvgIpc) is 2.42. The number of hydrogen-bond donors (Lipinski definition) is 3. The lowest BCUT2D eigenvalue weighted by Crippen LogP contribution is -2.51. The highest BCUT2D eigenvalue weighted by Crippen LogP contribution is 2.08. The van der Waals surface area contributed by atoms with E-state index in [2.05, 4.69) is 10.6 Å². The van der Waals surface area contributed by atoms with Crippen molar-refractivity contribution in [3.05, 3.63) is 35.4 Å². The Labute approximate surface area is 119 Å². The van der Waals surface area contributed by atoms with Gasteiger partial charge >= 0.3 is 6.03 Å². The smallest absolute Gasteiger partial charge is 0.312 e. The number of amides is 3. The highest BCUT2D eigenvalue weighted by atomic mass is 16.2. The van der Waals surface area contributed by atoms with Gasteiger partial charge in [-0.05, 0) is 18.4 Å². The van der Waals surface area contributed by atoms with E-state index < -0.39 is 12.1 Å². The zero-order chi connectivity index (χ0) is 15.1. The molecule has 0 radical (unpaired) electrons. The Morgan fingerprint density at radius 2 is 1.85 bits per heavy atom. The lowest BCUT2D eigenvalue weighted by atomic mass is 9.98. The molecule has 0 fully saturated rings. The molecular formula is C15H23N3O2. The molecule has 3 amide bonds. The minimum absolute atomic E-state index is 0.0283. The van der Waals surface area contributed by atoms with Crippen molar-refractivity contribution >= 4 is 11.9 Å². The molecule has 0 spiro atoms. The summed E-state index contributed by atoms with van der Waals surface area (Å²) in [4.78, 5) is 23.1. The summed E-state index contributed by atoms with van der Waals surface area (Å²) in [5.74, 6) is -0.181. The second kappa shape index (κ2) is 7.53. The topological polar surface area (TPSA) is 84.2 Å². The number of primary amides is 1. The summed E-state index contributed by atoms with van der Waals surface area (Å²) in [6, 6.07) is 6.65. The summed E-state index contributed by atoms with van der Waals surface area (Å²) >= 11 is 0. The molecule has 0 bridgehead atoms. The molecular weight excluding hydrogens is 254 g/mol. The molecule has 5 nitrogen and oxygen atoms in total. The number of nitrogens with one attached hydrogen (secondary N) is 2. The third-order valence-corrected chi connectivity index (χ3v) is 3.38. The Kier molecular flexibility index (Phi) is 6.03. The van der Waals surface area contributed by atoms with Gasteiger partial charge in [0.25, 0.3) is 0 Å². The number of hydrogen-bond acceptors (Lipinski definition) is 2. The maximum absolute atomic E-state index is 12.1. The van der Waals surface area contributed by atoms with Crippen LogP contribution in [0.2, 0.25) is 0 Å². The Hall–Kier alpha value is -2.04. The maximum Gasteiger partial charge on any atom is 0.312 e. The first kappa shape index (κ1) is 16.0. The van der Waals surface area contributed by atoms with E-state index in [9.17, 15) is 9.59 Å². The normalized spacial score (nSPS) is 13.3. The van der Waals surface area contributed by atoms with E-state index in [1.165, 1.54) is 5.56 Å². The summed E-state index contributed by atoms with van der Waals surface area (Å²) in [5, 5.41) is 5.33. The van der Waals surface area contributed by atoms with Crippen LogP contribution in [-0.4, -0.2) is 18.0 Å². The first-order valence-electron chi connectivity index (χ1n) is 6.83. The Morgan fingerprint density at radius 3 is 2.35 bits per heavy atom. The first-order chi connectivity index (χ1) is 9.43. The summed E-state index contributed by atoms with van der Waals surface area (Å²) in [6.45, 7) is 6.32. The Balaban J connectivity index is 2.61. The molecule has 2 atom stereocenters. The SMILES string of the molecule is CC[C@@H](C)[C@H](NC(N)=O)C(=O)NCc1ccc(C)cc1. The molecule has 1 aromatic carbocycles. The lowest BCUT2D eigenvalue weighted by Gasteiger charge is -2.22. The standard InChI is InChI=1S/C15H23N3O2/c1-4-11(3)13(18-15(16)20)14(19)17-9-12-7-5-10(2)6-8-12/h5-8,11,13H,4,9H2,1-3H3,(H,17,19)(H3,16,18,20)/t11-,13+/m1/s1. The zero-order valence-corrected chi connectivity index (χ0v) is 12.3. The number of rotatable bonds is 6. The molecule has 1 rings (SSSR count). The van der Waals surface area contributed by atoms with Crippen molar-refractivity contribution in [3.63, 3.8) is 0 Å². The molecule has 5 heteroatoms. The van der Waals surface area contributed by atoms with Gasteiger partial charge in [0.15, 0.2) is 0 Å². The first-order valence-corrected chi connectivity index (χ1v) is 6.83. The molecule has 0 aliphatic carbocycles. The van der Waals surface area contributed by atoms with Crippen LogP contribution in [0.5, 0.6) is 0 Å². The van der Waals surface area contributed by atoms with Crippen LogP contribution in [0, 0.1) is 12.8 Å². The van der Waals surface area contributed by atoms with Crippen LogP contribution in [0.25, 0.3) is 0 Å². The fourth-order valence-electron chi connectivity index (χ4n) is 1.86. The van der Waals surface area contributed by atoms with E-state index in [0.29, 0.717) is 6.54 Å². The average molecular weight is 277 g/mol. The van der Waals surface area contributed by atoms with Gasteiger partial charge in [0.05, 0.1) is 0 Å². The third kappa shape index (κ3) is 4.91. The third-order valence-electron chi connectivity index (χ3n) is 3.38. The highest BCUT2D eigenvalue weighted by Gasteiger charge is 2.24. The van der Waals surface area contributed by atoms with Crippen molar-refractivity contribution in [2.45, 2.75) is 39.8 Å². The van der Waals surface area contributed by atoms with Crippen LogP contribution in [-0.2, 0) is 11.3 Å². The molecule has 1 aromatic rings. The number of nitrogens with two attached hydrogens (primary N) is 1. The van der Waals surface area contributed by atoms with Crippen molar-refractivity contribution in [1.82, 2.24) is 10.6 Å². The van der Waals surface area contributed by atoms with Crippen molar-refractivity contribution in [2.75, 3.05) is 0 Å². The molecule has 0 aromatic heterocycles. The van der Waals surface area contributed by atoms with Crippen molar-refractivity contribution in [3.8, 4) is 0 Å². The molecule has 20 heavy (non-hydrogen) atoms. The minimum atomic E-state index is -0.680. The van der Waals surface area contributed by atoms with E-state index in [1.807, 2.05) is 45.0 Å². The van der Waals surface area contributed by atoms with Crippen LogP contribution in [0.15, 0.2) is 24.3 Å². The van der Waals surface area contributed by atoms with E-state index >= 15 is 0 Å². The van der Waals surface area contributed by atoms with Crippen LogP contribution in [0.3, 0.4) is 0 Å². The molecule has 4 N–H and O–H groups in total. The molecule has 0 heterocycles. The molecule has 110 valence electrons. The highest BCUT2D eigenvalue weighted by molar-refractivity contribution is 5.86. The number of carbonyl (C=O) groups is 2. The predicted molar refractivity (Wildman–Crippen MR) is 79.0 cm³/mol. The second-order valence-corrected chi connectivity index (χ2v) is 5.08. The van der Waals surface area contributed by atoms with Gasteiger partial charge in [-0.1, -0.05) is 50.1 Å². The van der Waals surface area contributed by atoms with Gasteiger partial charge in [-0.15, -0.1) is 0 Å². The minimum Gasteiger partial charge on any atom is -0.352 e. The summed E-state index contributed by atoms with van der Waals surface area (Å²) in [7, 11) is 0. The largest absolute Gasteiger partial charge is 0.352 e. The van der Waals surface area contributed by atoms with E-state index in [1.54, 1.807) is 0 Å². The second-order valence-electron chi connectivity index (χ2n) is 5.08. The van der Waals surface area contributed by atoms with Gasteiger partial charge < -0.3 is 16.4 Å². The van der Waals surface area contributed by atoms with Gasteiger partial charge in [-0.2, -0.15) is 0 Å². The quantitative estimate of drug-likeness (QED) is 0.739. The molecule has 0 saturated carbocycles. The molecule has 0 aliphatic heterocycles. The lowest BCUT2D eigenvalue weighted by molar-refractivity contribution is -0.124. The number of aryl methyl sites for hydroxylation is 1.